The Morgan fingerprint density at radius 1 is 0.484 bits per heavy atom. The minimum absolute atomic E-state index is 0. The van der Waals surface area contributed by atoms with E-state index >= 15 is 0 Å². The zero-order valence-electron chi connectivity index (χ0n) is 39.0. The Morgan fingerprint density at radius 2 is 0.855 bits per heavy atom. The molecule has 1 aliphatic rings. The number of halogens is 2. The summed E-state index contributed by atoms with van der Waals surface area (Å²) in [7, 11) is 0. The van der Waals surface area contributed by atoms with Crippen molar-refractivity contribution in [1.29, 1.82) is 0 Å². The molecule has 1 aliphatic carbocycles. The van der Waals surface area contributed by atoms with Crippen LogP contribution in [0.2, 0.25) is 0 Å². The first kappa shape index (κ1) is 50.6. The molecule has 0 saturated heterocycles. The minimum Gasteiger partial charge on any atom is -0.273 e. The predicted molar refractivity (Wildman–Crippen MR) is 275 cm³/mol. The Hall–Kier alpha value is -4.00. The van der Waals surface area contributed by atoms with Crippen molar-refractivity contribution >= 4 is 49.6 Å². The van der Waals surface area contributed by atoms with Gasteiger partial charge < -0.3 is 0 Å². The maximum absolute atomic E-state index is 2.99. The predicted octanol–water partition coefficient (Wildman–Crippen LogP) is 17.2. The van der Waals surface area contributed by atoms with E-state index in [1.807, 2.05) is 12.2 Å². The molecule has 0 unspecified atom stereocenters. The fourth-order valence-corrected chi connectivity index (χ4v) is 8.66. The van der Waals surface area contributed by atoms with Crippen LogP contribution >= 0.6 is 24.8 Å². The van der Waals surface area contributed by atoms with Crippen LogP contribution in [0.25, 0.3) is 43.8 Å². The second-order valence-corrected chi connectivity index (χ2v) is 21.6. The van der Waals surface area contributed by atoms with Crippen molar-refractivity contribution in [2.75, 3.05) is 0 Å². The van der Waals surface area contributed by atoms with Gasteiger partial charge in [0.05, 0.1) is 0 Å². The van der Waals surface area contributed by atoms with Gasteiger partial charge in [-0.05, 0) is 44.2 Å². The first-order valence-electron chi connectivity index (χ1n) is 21.6. The van der Waals surface area contributed by atoms with Crippen molar-refractivity contribution < 1.29 is 24.2 Å². The molecule has 0 bridgehead atoms. The van der Waals surface area contributed by atoms with Gasteiger partial charge in [0.1, 0.15) is 0 Å². The smallest absolute Gasteiger partial charge is 0.109 e. The molecule has 0 aromatic heterocycles. The summed E-state index contributed by atoms with van der Waals surface area (Å²) in [6, 6.07) is 51.9. The Bertz CT molecular complexity index is 2430. The number of allylic oxidation sites excluding steroid dienone is 4. The number of benzene rings is 6. The molecular formula is C59H66Cl2Zr. The summed E-state index contributed by atoms with van der Waals surface area (Å²) in [5.41, 5.74) is 14.1. The van der Waals surface area contributed by atoms with E-state index in [-0.39, 0.29) is 46.5 Å². The van der Waals surface area contributed by atoms with E-state index in [4.69, 9.17) is 0 Å². The molecule has 0 aliphatic heterocycles. The monoisotopic (exact) mass is 934 g/mol. The molecule has 7 aromatic rings. The molecule has 0 atom stereocenters. The van der Waals surface area contributed by atoms with Crippen LogP contribution in [-0.4, -0.2) is 3.21 Å². The second-order valence-electron chi connectivity index (χ2n) is 20.4. The van der Waals surface area contributed by atoms with Gasteiger partial charge in [-0.15, -0.1) is 71.0 Å². The Balaban J connectivity index is 0.000000252. The molecule has 0 saturated carbocycles. The number of hydrogen-bond donors (Lipinski definition) is 0. The molecule has 0 fully saturated rings. The van der Waals surface area contributed by atoms with Gasteiger partial charge in [0.2, 0.25) is 0 Å². The van der Waals surface area contributed by atoms with Crippen LogP contribution in [0, 0.1) is 6.08 Å². The molecule has 0 radical (unpaired) electrons. The van der Waals surface area contributed by atoms with Crippen molar-refractivity contribution in [2.45, 2.75) is 111 Å². The van der Waals surface area contributed by atoms with E-state index in [1.165, 1.54) is 105 Å². The van der Waals surface area contributed by atoms with Crippen molar-refractivity contribution in [3.05, 3.63) is 197 Å². The Morgan fingerprint density at radius 3 is 1.13 bits per heavy atom. The summed E-state index contributed by atoms with van der Waals surface area (Å²) in [5, 5.41) is 5.36. The van der Waals surface area contributed by atoms with Crippen LogP contribution in [0.1, 0.15) is 123 Å². The number of rotatable bonds is 4. The molecule has 8 rings (SSSR count). The van der Waals surface area contributed by atoms with Crippen LogP contribution in [0.5, 0.6) is 0 Å². The summed E-state index contributed by atoms with van der Waals surface area (Å²) >= 11 is 1.46. The third kappa shape index (κ3) is 12.4. The third-order valence-electron chi connectivity index (χ3n) is 11.4. The molecule has 0 heterocycles. The fraction of sp³-hybridized carbons (Fsp3) is 0.288. The topological polar surface area (TPSA) is 0 Å². The van der Waals surface area contributed by atoms with Gasteiger partial charge in [-0.1, -0.05) is 114 Å². The van der Waals surface area contributed by atoms with Gasteiger partial charge in [0.25, 0.3) is 0 Å². The molecule has 62 heavy (non-hydrogen) atoms. The molecular weight excluding hydrogens is 871 g/mol. The van der Waals surface area contributed by atoms with Gasteiger partial charge >= 0.3 is 151 Å². The van der Waals surface area contributed by atoms with E-state index in [0.717, 1.165) is 6.42 Å². The summed E-state index contributed by atoms with van der Waals surface area (Å²) in [4.78, 5) is 0. The Labute approximate surface area is 401 Å². The number of fused-ring (bicyclic) bond motifs is 3. The van der Waals surface area contributed by atoms with E-state index < -0.39 is 0 Å². The van der Waals surface area contributed by atoms with Gasteiger partial charge in [-0.2, -0.15) is 6.08 Å². The zero-order chi connectivity index (χ0) is 43.5. The van der Waals surface area contributed by atoms with E-state index in [1.54, 1.807) is 0 Å². The summed E-state index contributed by atoms with van der Waals surface area (Å²) < 4.78 is 1.42. The quantitative estimate of drug-likeness (QED) is 0.154. The largest absolute Gasteiger partial charge is 0.273 e. The van der Waals surface area contributed by atoms with Crippen molar-refractivity contribution in [3.63, 3.8) is 0 Å². The van der Waals surface area contributed by atoms with Gasteiger partial charge in [-0.25, -0.2) is 12.2 Å². The van der Waals surface area contributed by atoms with Crippen LogP contribution in [0.15, 0.2) is 158 Å². The van der Waals surface area contributed by atoms with E-state index in [2.05, 4.69) is 235 Å². The average molecular weight is 937 g/mol. The molecule has 0 nitrogen and oxygen atoms in total. The average Bonchev–Trinajstić information content (AvgIpc) is 3.91. The zero-order valence-corrected chi connectivity index (χ0v) is 43.1. The van der Waals surface area contributed by atoms with Crippen molar-refractivity contribution in [3.8, 4) is 22.3 Å². The van der Waals surface area contributed by atoms with E-state index in [0.29, 0.717) is 0 Å². The molecule has 0 spiro atoms. The molecule has 7 aromatic carbocycles. The minimum atomic E-state index is 0. The van der Waals surface area contributed by atoms with Crippen LogP contribution in [-0.2, 0) is 45.9 Å². The van der Waals surface area contributed by atoms with Gasteiger partial charge in [-0.3, -0.25) is 6.08 Å². The maximum atomic E-state index is 2.99. The van der Waals surface area contributed by atoms with Gasteiger partial charge in [0, 0.05) is 0 Å². The molecule has 0 N–H and O–H groups in total. The maximum Gasteiger partial charge on any atom is -0.109 e. The van der Waals surface area contributed by atoms with Crippen LogP contribution < -0.4 is 0 Å². The van der Waals surface area contributed by atoms with Crippen LogP contribution in [0.3, 0.4) is 0 Å². The summed E-state index contributed by atoms with van der Waals surface area (Å²) in [6.07, 6.45) is 10.0. The number of hydrogen-bond acceptors (Lipinski definition) is 0. The molecule has 320 valence electrons. The second kappa shape index (κ2) is 20.7. The molecule has 3 heteroatoms. The standard InChI is InChI=1S/C33H33.C21H26.C5H5.2ClH.Zr/c1-32(2,3)30-20-26-24(18-28(30)22-13-9-7-10-14-22)17-25-19-29(23-15-11-8-12-16-23)31(21-27(25)26)33(4,5)6;1-20(2,3)18-11-7-16(8-12-18)15-17-9-13-19(14-10-17)21(4,5)6;1-2-4-5-3-1;;;/h7-21H,1-6H3;7-14H,1-6H3;1-3H,4H2;2*1H;/q-1;;-1;;;+2. The third-order valence-corrected chi connectivity index (χ3v) is 12.9. The normalized spacial score (nSPS) is 12.5. The van der Waals surface area contributed by atoms with Crippen molar-refractivity contribution in [1.82, 2.24) is 0 Å². The fourth-order valence-electron chi connectivity index (χ4n) is 7.84. The Kier molecular flexibility index (Phi) is 16.9. The first-order valence-corrected chi connectivity index (χ1v) is 22.8. The van der Waals surface area contributed by atoms with Crippen molar-refractivity contribution in [2.24, 2.45) is 0 Å². The van der Waals surface area contributed by atoms with Crippen LogP contribution in [0.4, 0.5) is 0 Å². The summed E-state index contributed by atoms with van der Waals surface area (Å²) in [6.45, 7) is 27.5. The summed E-state index contributed by atoms with van der Waals surface area (Å²) in [5.74, 6) is 0. The molecule has 0 amide bonds. The first-order chi connectivity index (χ1) is 28.2. The van der Waals surface area contributed by atoms with Gasteiger partial charge in [0.15, 0.2) is 0 Å². The van der Waals surface area contributed by atoms with E-state index in [9.17, 15) is 0 Å². The SMILES string of the molecule is CC(C)(C)c1cc2c(cc1-c1ccccc1)[cH-]c1cc(-c3ccccc3)c(C(C)(C)C)cc12.CC(C)(C)c1ccc([C](=[Zr+2])c2ccc(C(C)(C)C)cc2)cc1.Cl.Cl.[C-]1=CC=CC1.